The van der Waals surface area contributed by atoms with Crippen LogP contribution in [-0.2, 0) is 19.8 Å². The number of hydrogen-bond acceptors (Lipinski definition) is 1. The molecule has 0 aromatic carbocycles. The van der Waals surface area contributed by atoms with E-state index in [0.29, 0.717) is 0 Å². The first-order valence-corrected chi connectivity index (χ1v) is 5.37. The van der Waals surface area contributed by atoms with E-state index >= 15 is 0 Å². The largest absolute Gasteiger partial charge is 4.00 e. The molecular weight excluding hydrogens is 291 g/mol. The van der Waals surface area contributed by atoms with Crippen molar-refractivity contribution in [3.05, 3.63) is 0 Å². The molecule has 0 radical (unpaired) electrons. The second-order valence-corrected chi connectivity index (χ2v) is 7.10. The van der Waals surface area contributed by atoms with E-state index in [2.05, 4.69) is 19.6 Å². The van der Waals surface area contributed by atoms with Gasteiger partial charge in [-0.25, -0.2) is 0 Å². The summed E-state index contributed by atoms with van der Waals surface area (Å²) >= 11 is 0. The van der Waals surface area contributed by atoms with Crippen molar-refractivity contribution in [2.45, 2.75) is 19.6 Å². The monoisotopic (exact) mass is 304 g/mol. The van der Waals surface area contributed by atoms with Gasteiger partial charge in [-0.2, -0.15) is 0 Å². The van der Waals surface area contributed by atoms with Gasteiger partial charge < -0.3 is 5.40 Å². The van der Waals surface area contributed by atoms with Crippen molar-refractivity contribution >= 4 is 8.24 Å². The summed E-state index contributed by atoms with van der Waals surface area (Å²) in [5.41, 5.74) is 0. The van der Waals surface area contributed by atoms with E-state index in [4.69, 9.17) is 5.40 Å². The van der Waals surface area contributed by atoms with Crippen LogP contribution in [-0.4, -0.2) is 8.24 Å². The zero-order valence-corrected chi connectivity index (χ0v) is 11.0. The summed E-state index contributed by atoms with van der Waals surface area (Å²) < 4.78 is 0. The van der Waals surface area contributed by atoms with Crippen LogP contribution in [0.3, 0.4) is 0 Å². The predicted molar refractivity (Wildman–Crippen MR) is 27.5 cm³/mol. The van der Waals surface area contributed by atoms with Gasteiger partial charge >= 0.3 is 49.3 Å². The summed E-state index contributed by atoms with van der Waals surface area (Å²) in [4.78, 5) is 0. The van der Waals surface area contributed by atoms with Crippen LogP contribution in [0.1, 0.15) is 0 Å². The maximum Gasteiger partial charge on any atom is 4.00 e. The van der Waals surface area contributed by atoms with E-state index in [-0.39, 0.29) is 49.3 Å². The molecule has 0 aliphatic heterocycles. The fourth-order valence-corrected chi connectivity index (χ4v) is 0. The Kier molecular flexibility index (Phi) is 13.5. The van der Waals surface area contributed by atoms with Crippen LogP contribution in [0.4, 0.5) is 0 Å². The molecule has 2 N–H and O–H groups in total. The molecule has 4 heteroatoms. The third-order valence-electron chi connectivity index (χ3n) is 0. The maximum absolute atomic E-state index is 5.49. The smallest absolute Gasteiger partial charge is 0.351 e. The topological polar surface area (TPSA) is 26.0 Å². The fourth-order valence-electron chi connectivity index (χ4n) is 0. The Balaban J connectivity index is -0.0000000800. The van der Waals surface area contributed by atoms with Crippen LogP contribution in [0, 0.1) is 0 Å². The summed E-state index contributed by atoms with van der Waals surface area (Å²) in [7, 11) is -1.11. The van der Waals surface area contributed by atoms with Crippen molar-refractivity contribution in [2.24, 2.45) is 5.40 Å². The van der Waals surface area contributed by atoms with Crippen LogP contribution < -0.4 is 35.0 Å². The molecule has 0 aromatic rings. The Morgan fingerprint density at radius 2 is 1.14 bits per heavy atom. The minimum Gasteiger partial charge on any atom is -0.351 e. The van der Waals surface area contributed by atoms with Crippen LogP contribution in [0.5, 0.6) is 0 Å². The summed E-state index contributed by atoms with van der Waals surface area (Å²) in [5, 5.41) is 5.49. The molecule has 0 aliphatic rings. The zero-order chi connectivity index (χ0) is 4.50. The van der Waals surface area contributed by atoms with Crippen molar-refractivity contribution in [3.63, 3.8) is 0 Å². The van der Waals surface area contributed by atoms with Crippen LogP contribution >= 0.6 is 0 Å². The molecule has 0 spiro atoms. The van der Waals surface area contributed by atoms with E-state index < -0.39 is 8.24 Å². The molecule has 0 aliphatic carbocycles. The minimum atomic E-state index is -1.11. The molecule has 0 unspecified atom stereocenters. The van der Waals surface area contributed by atoms with Gasteiger partial charge in [0.15, 0.2) is 0 Å². The Morgan fingerprint density at radius 3 is 1.14 bits per heavy atom. The quantitative estimate of drug-likeness (QED) is 0.504. The molecule has 0 saturated carbocycles. The molecule has 1 nitrogen and oxygen atoms in total. The molecule has 36 valence electrons. The van der Waals surface area contributed by atoms with Gasteiger partial charge in [0.05, 0.1) is 0 Å². The molecule has 0 bridgehead atoms. The summed E-state index contributed by atoms with van der Waals surface area (Å²) in [6.07, 6.45) is 0. The van der Waals surface area contributed by atoms with Crippen molar-refractivity contribution in [1.29, 1.82) is 0 Å². The molecule has 0 saturated heterocycles. The minimum absolute atomic E-state index is 0. The van der Waals surface area contributed by atoms with Crippen molar-refractivity contribution in [2.75, 3.05) is 0 Å². The summed E-state index contributed by atoms with van der Waals surface area (Å²) in [6.45, 7) is 6.31. The zero-order valence-electron chi connectivity index (χ0n) is 5.43. The van der Waals surface area contributed by atoms with E-state index in [1.165, 1.54) is 0 Å². The number of rotatable bonds is 0. The molecular formula is C3H11NNaOsSi+5. The maximum atomic E-state index is 5.49. The van der Waals surface area contributed by atoms with Gasteiger partial charge in [-0.3, -0.25) is 0 Å². The third kappa shape index (κ3) is 80.3. The van der Waals surface area contributed by atoms with Gasteiger partial charge in [-0.15, -0.1) is 0 Å². The Labute approximate surface area is 81.9 Å². The van der Waals surface area contributed by atoms with Gasteiger partial charge in [-0.05, 0) is 0 Å². The molecule has 0 atom stereocenters. The van der Waals surface area contributed by atoms with Gasteiger partial charge in [0.2, 0.25) is 0 Å². The molecule has 0 heterocycles. The van der Waals surface area contributed by atoms with Crippen molar-refractivity contribution < 1.29 is 49.3 Å². The van der Waals surface area contributed by atoms with E-state index in [0.717, 1.165) is 0 Å². The Morgan fingerprint density at radius 1 is 1.14 bits per heavy atom. The fraction of sp³-hybridized carbons (Fsp3) is 1.00. The first kappa shape index (κ1) is 15.9. The average Bonchev–Trinajstić information content (AvgIpc) is 0.722. The second kappa shape index (κ2) is 5.94. The van der Waals surface area contributed by atoms with Gasteiger partial charge in [0, 0.05) is 0 Å². The molecule has 0 amide bonds. The summed E-state index contributed by atoms with van der Waals surface area (Å²) in [5.74, 6) is 0. The molecule has 0 fully saturated rings. The van der Waals surface area contributed by atoms with Crippen molar-refractivity contribution in [3.8, 4) is 0 Å². The van der Waals surface area contributed by atoms with Crippen LogP contribution in [0.15, 0.2) is 0 Å². The average molecular weight is 302 g/mol. The SMILES string of the molecule is C[Si](C)(C)N.[Na+].[Os+4]. The normalized spacial score (nSPS) is 8.57. The summed E-state index contributed by atoms with van der Waals surface area (Å²) in [6, 6.07) is 0. The second-order valence-electron chi connectivity index (χ2n) is 2.37. The van der Waals surface area contributed by atoms with Crippen LogP contribution in [0.2, 0.25) is 19.6 Å². The van der Waals surface area contributed by atoms with Gasteiger partial charge in [-0.1, -0.05) is 19.6 Å². The first-order valence-electron chi connectivity index (χ1n) is 1.79. The van der Waals surface area contributed by atoms with Crippen molar-refractivity contribution in [1.82, 2.24) is 0 Å². The van der Waals surface area contributed by atoms with E-state index in [1.807, 2.05) is 0 Å². The Bertz CT molecular complexity index is 30.4. The molecule has 0 aromatic heterocycles. The standard InChI is InChI=1S/C3H11NSi.Na.Os/c1-5(2,3)4;;/h4H2,1-3H3;;/q;+1;+4. The Hall–Kier alpha value is 1.81. The number of nitrogens with two attached hydrogens (primary N) is 1. The number of hydrogen-bond donors (Lipinski definition) is 1. The van der Waals surface area contributed by atoms with E-state index in [9.17, 15) is 0 Å². The third-order valence-corrected chi connectivity index (χ3v) is 0. The van der Waals surface area contributed by atoms with Gasteiger partial charge in [0.1, 0.15) is 8.24 Å². The predicted octanol–water partition coefficient (Wildman–Crippen LogP) is -2.22. The first-order chi connectivity index (χ1) is 2.00. The molecule has 7 heavy (non-hydrogen) atoms. The molecule has 0 rings (SSSR count). The van der Waals surface area contributed by atoms with Gasteiger partial charge in [0.25, 0.3) is 0 Å². The van der Waals surface area contributed by atoms with E-state index in [1.54, 1.807) is 0 Å². The van der Waals surface area contributed by atoms with Crippen LogP contribution in [0.25, 0.3) is 0 Å².